The zero-order valence-electron chi connectivity index (χ0n) is 13.5. The Bertz CT molecular complexity index is 428. The molecule has 1 aromatic carbocycles. The number of benzene rings is 1. The van der Waals surface area contributed by atoms with E-state index in [0.29, 0.717) is 25.2 Å². The highest BCUT2D eigenvalue weighted by atomic mass is 16.6. The molecule has 3 rings (SSSR count). The average Bonchev–Trinajstić information content (AvgIpc) is 2.78. The minimum Gasteiger partial charge on any atom is -0.371 e. The number of ether oxygens (including phenoxy) is 2. The minimum atomic E-state index is 0.0666. The van der Waals surface area contributed by atoms with Crippen molar-refractivity contribution in [2.24, 2.45) is 11.7 Å². The Kier molecular flexibility index (Phi) is 5.88. The monoisotopic (exact) mass is 303 g/mol. The molecule has 3 atom stereocenters. The van der Waals surface area contributed by atoms with Crippen molar-refractivity contribution in [1.82, 2.24) is 0 Å². The van der Waals surface area contributed by atoms with Gasteiger partial charge in [-0.3, -0.25) is 0 Å². The van der Waals surface area contributed by atoms with E-state index in [2.05, 4.69) is 24.3 Å². The van der Waals surface area contributed by atoms with E-state index in [4.69, 9.17) is 15.2 Å². The summed E-state index contributed by atoms with van der Waals surface area (Å²) >= 11 is 0. The molecule has 3 nitrogen and oxygen atoms in total. The van der Waals surface area contributed by atoms with E-state index in [0.717, 1.165) is 6.42 Å². The summed E-state index contributed by atoms with van der Waals surface area (Å²) in [7, 11) is 0. The topological polar surface area (TPSA) is 44.5 Å². The summed E-state index contributed by atoms with van der Waals surface area (Å²) < 4.78 is 12.4. The number of hydrogen-bond acceptors (Lipinski definition) is 3. The third-order valence-corrected chi connectivity index (χ3v) is 5.19. The highest BCUT2D eigenvalue weighted by Gasteiger charge is 2.38. The zero-order chi connectivity index (χ0) is 15.2. The van der Waals surface area contributed by atoms with Gasteiger partial charge in [0.05, 0.1) is 24.9 Å². The quantitative estimate of drug-likeness (QED) is 0.844. The fourth-order valence-corrected chi connectivity index (χ4v) is 3.89. The van der Waals surface area contributed by atoms with Crippen molar-refractivity contribution in [3.8, 4) is 0 Å². The van der Waals surface area contributed by atoms with Gasteiger partial charge in [0.2, 0.25) is 0 Å². The van der Waals surface area contributed by atoms with E-state index < -0.39 is 0 Å². The van der Waals surface area contributed by atoms with Gasteiger partial charge in [-0.05, 0) is 24.3 Å². The summed E-state index contributed by atoms with van der Waals surface area (Å²) in [6, 6.07) is 10.4. The molecule has 0 radical (unpaired) electrons. The predicted octanol–water partition coefficient (Wildman–Crippen LogP) is 3.66. The largest absolute Gasteiger partial charge is 0.371 e. The van der Waals surface area contributed by atoms with Crippen LogP contribution in [0, 0.1) is 5.92 Å². The van der Waals surface area contributed by atoms with Gasteiger partial charge in [-0.1, -0.05) is 56.0 Å². The summed E-state index contributed by atoms with van der Waals surface area (Å²) in [6.07, 6.45) is 9.69. The fraction of sp³-hybridized carbons (Fsp3) is 0.684. The van der Waals surface area contributed by atoms with Crippen molar-refractivity contribution < 1.29 is 9.47 Å². The van der Waals surface area contributed by atoms with Crippen LogP contribution in [0.5, 0.6) is 0 Å². The molecule has 0 amide bonds. The van der Waals surface area contributed by atoms with Crippen molar-refractivity contribution in [2.75, 3.05) is 6.54 Å². The Morgan fingerprint density at radius 1 is 1.05 bits per heavy atom. The number of hydrogen-bond donors (Lipinski definition) is 1. The molecule has 3 heteroatoms. The molecule has 3 unspecified atom stereocenters. The summed E-state index contributed by atoms with van der Waals surface area (Å²) in [5.74, 6) is 0.710. The molecule has 0 spiro atoms. The lowest BCUT2D eigenvalue weighted by molar-refractivity contribution is -0.0347. The van der Waals surface area contributed by atoms with Crippen LogP contribution < -0.4 is 5.73 Å². The molecule has 2 aliphatic rings. The van der Waals surface area contributed by atoms with Crippen LogP contribution in [0.1, 0.15) is 50.5 Å². The fourth-order valence-electron chi connectivity index (χ4n) is 3.89. The highest BCUT2D eigenvalue weighted by Crippen LogP contribution is 2.35. The molecule has 22 heavy (non-hydrogen) atoms. The molecule has 122 valence electrons. The Morgan fingerprint density at radius 3 is 2.45 bits per heavy atom. The summed E-state index contributed by atoms with van der Waals surface area (Å²) in [6.45, 7) is 1.21. The maximum absolute atomic E-state index is 6.26. The van der Waals surface area contributed by atoms with Gasteiger partial charge in [0.15, 0.2) is 0 Å². The van der Waals surface area contributed by atoms with Crippen LogP contribution in [-0.2, 0) is 16.1 Å². The number of rotatable bonds is 5. The molecule has 0 bridgehead atoms. The first kappa shape index (κ1) is 16.0. The van der Waals surface area contributed by atoms with Crippen molar-refractivity contribution in [2.45, 2.75) is 69.9 Å². The Hall–Kier alpha value is -0.900. The van der Waals surface area contributed by atoms with Crippen LogP contribution in [0.4, 0.5) is 0 Å². The third-order valence-electron chi connectivity index (χ3n) is 5.19. The Morgan fingerprint density at radius 2 is 1.77 bits per heavy atom. The first-order valence-electron chi connectivity index (χ1n) is 8.88. The van der Waals surface area contributed by atoms with E-state index >= 15 is 0 Å². The second kappa shape index (κ2) is 8.09. The van der Waals surface area contributed by atoms with Gasteiger partial charge in [0, 0.05) is 13.0 Å². The SMILES string of the molecule is NCC1OC(C2CCCCCC2)CC1OCc1ccccc1. The second-order valence-corrected chi connectivity index (χ2v) is 6.77. The maximum Gasteiger partial charge on any atom is 0.0963 e. The number of nitrogens with two attached hydrogens (primary N) is 1. The normalized spacial score (nSPS) is 30.3. The van der Waals surface area contributed by atoms with Gasteiger partial charge in [0.25, 0.3) is 0 Å². The first-order valence-corrected chi connectivity index (χ1v) is 8.88. The van der Waals surface area contributed by atoms with Crippen molar-refractivity contribution in [1.29, 1.82) is 0 Å². The third kappa shape index (κ3) is 4.09. The van der Waals surface area contributed by atoms with E-state index in [1.165, 1.54) is 44.1 Å². The van der Waals surface area contributed by atoms with Crippen LogP contribution in [-0.4, -0.2) is 24.9 Å². The van der Waals surface area contributed by atoms with E-state index in [1.807, 2.05) is 6.07 Å². The lowest BCUT2D eigenvalue weighted by atomic mass is 9.91. The molecule has 1 aromatic rings. The average molecular weight is 303 g/mol. The molecule has 1 saturated heterocycles. The lowest BCUT2D eigenvalue weighted by Gasteiger charge is -2.21. The molecule has 1 aliphatic heterocycles. The summed E-state index contributed by atoms with van der Waals surface area (Å²) in [4.78, 5) is 0. The zero-order valence-corrected chi connectivity index (χ0v) is 13.5. The molecule has 1 saturated carbocycles. The smallest absolute Gasteiger partial charge is 0.0963 e. The Balaban J connectivity index is 1.54. The molecule has 0 aromatic heterocycles. The van der Waals surface area contributed by atoms with E-state index in [9.17, 15) is 0 Å². The van der Waals surface area contributed by atoms with Crippen molar-refractivity contribution in [3.05, 3.63) is 35.9 Å². The van der Waals surface area contributed by atoms with Crippen LogP contribution in [0.15, 0.2) is 30.3 Å². The van der Waals surface area contributed by atoms with E-state index in [1.54, 1.807) is 0 Å². The van der Waals surface area contributed by atoms with Gasteiger partial charge in [-0.15, -0.1) is 0 Å². The highest BCUT2D eigenvalue weighted by molar-refractivity contribution is 5.13. The van der Waals surface area contributed by atoms with Crippen LogP contribution in [0.25, 0.3) is 0 Å². The Labute approximate surface area is 134 Å². The second-order valence-electron chi connectivity index (χ2n) is 6.77. The molecular weight excluding hydrogens is 274 g/mol. The maximum atomic E-state index is 6.26. The van der Waals surface area contributed by atoms with Gasteiger partial charge >= 0.3 is 0 Å². The van der Waals surface area contributed by atoms with Gasteiger partial charge in [0.1, 0.15) is 0 Å². The summed E-state index contributed by atoms with van der Waals surface area (Å²) in [5.41, 5.74) is 7.13. The molecule has 1 heterocycles. The molecular formula is C19H29NO2. The van der Waals surface area contributed by atoms with Crippen LogP contribution in [0.3, 0.4) is 0 Å². The predicted molar refractivity (Wildman–Crippen MR) is 88.5 cm³/mol. The van der Waals surface area contributed by atoms with Crippen molar-refractivity contribution >= 4 is 0 Å². The molecule has 2 N–H and O–H groups in total. The summed E-state index contributed by atoms with van der Waals surface area (Å²) in [5, 5.41) is 0. The van der Waals surface area contributed by atoms with Crippen LogP contribution >= 0.6 is 0 Å². The van der Waals surface area contributed by atoms with Gasteiger partial charge in [-0.2, -0.15) is 0 Å². The van der Waals surface area contributed by atoms with Crippen LogP contribution in [0.2, 0.25) is 0 Å². The lowest BCUT2D eigenvalue weighted by Crippen LogP contribution is -2.32. The molecule has 1 aliphatic carbocycles. The van der Waals surface area contributed by atoms with Gasteiger partial charge in [-0.25, -0.2) is 0 Å². The van der Waals surface area contributed by atoms with Crippen molar-refractivity contribution in [3.63, 3.8) is 0 Å². The standard InChI is InChI=1S/C19H29NO2/c20-13-19-18(21-14-15-8-4-3-5-9-15)12-17(22-19)16-10-6-1-2-7-11-16/h3-5,8-9,16-19H,1-2,6-7,10-14,20H2. The van der Waals surface area contributed by atoms with E-state index in [-0.39, 0.29) is 12.2 Å². The van der Waals surface area contributed by atoms with Gasteiger partial charge < -0.3 is 15.2 Å². The minimum absolute atomic E-state index is 0.0666. The first-order chi connectivity index (χ1) is 10.9. The molecule has 2 fully saturated rings.